The highest BCUT2D eigenvalue weighted by Gasteiger charge is 2.24. The van der Waals surface area contributed by atoms with E-state index in [0.29, 0.717) is 17.4 Å². The van der Waals surface area contributed by atoms with Crippen molar-refractivity contribution in [3.63, 3.8) is 0 Å². The molecule has 1 heterocycles. The van der Waals surface area contributed by atoms with E-state index in [0.717, 1.165) is 0 Å². The van der Waals surface area contributed by atoms with Crippen LogP contribution in [0.2, 0.25) is 0 Å². The lowest BCUT2D eigenvalue weighted by Crippen LogP contribution is -2.41. The highest BCUT2D eigenvalue weighted by atomic mass is 16.5. The molecule has 0 aliphatic rings. The van der Waals surface area contributed by atoms with Gasteiger partial charge in [-0.15, -0.1) is 0 Å². The lowest BCUT2D eigenvalue weighted by molar-refractivity contribution is -0.140. The number of amides is 1. The van der Waals surface area contributed by atoms with Gasteiger partial charge in [-0.25, -0.2) is 4.79 Å². The highest BCUT2D eigenvalue weighted by molar-refractivity contribution is 5.97. The van der Waals surface area contributed by atoms with Crippen molar-refractivity contribution in [2.75, 3.05) is 13.7 Å². The molecule has 0 bridgehead atoms. The maximum absolute atomic E-state index is 12.8. The minimum Gasteiger partial charge on any atom is -0.469 e. The Bertz CT molecular complexity index is 795. The zero-order valence-corrected chi connectivity index (χ0v) is 14.1. The standard InChI is InChI=1S/C18H21NO5/c1-4-12(2)19(10-9-16(20)23-3)17(21)14-11-13-7-5-6-8-15(13)24-18(14)22/h5-8,11-12H,4,9-10H2,1-3H3. The average molecular weight is 331 g/mol. The first-order valence-corrected chi connectivity index (χ1v) is 7.88. The smallest absolute Gasteiger partial charge is 0.349 e. The number of carbonyl (C=O) groups is 2. The number of methoxy groups -OCH3 is 1. The van der Waals surface area contributed by atoms with E-state index >= 15 is 0 Å². The summed E-state index contributed by atoms with van der Waals surface area (Å²) in [5.74, 6) is -0.839. The van der Waals surface area contributed by atoms with Crippen molar-refractivity contribution in [2.24, 2.45) is 0 Å². The van der Waals surface area contributed by atoms with Gasteiger partial charge in [-0.2, -0.15) is 0 Å². The molecule has 1 atom stereocenters. The number of rotatable bonds is 6. The first kappa shape index (κ1) is 17.7. The summed E-state index contributed by atoms with van der Waals surface area (Å²) in [6.07, 6.45) is 0.775. The highest BCUT2D eigenvalue weighted by Crippen LogP contribution is 2.16. The Morgan fingerprint density at radius 1 is 1.29 bits per heavy atom. The normalized spacial score (nSPS) is 12.0. The number of esters is 1. The fourth-order valence-electron chi connectivity index (χ4n) is 2.42. The van der Waals surface area contributed by atoms with Crippen molar-refractivity contribution < 1.29 is 18.7 Å². The van der Waals surface area contributed by atoms with Gasteiger partial charge in [0.2, 0.25) is 0 Å². The molecule has 1 unspecified atom stereocenters. The van der Waals surface area contributed by atoms with Crippen LogP contribution in [0.25, 0.3) is 11.0 Å². The Balaban J connectivity index is 2.36. The Kier molecular flexibility index (Phi) is 5.73. The van der Waals surface area contributed by atoms with Crippen LogP contribution in [0, 0.1) is 0 Å². The van der Waals surface area contributed by atoms with Crippen molar-refractivity contribution in [3.8, 4) is 0 Å². The van der Waals surface area contributed by atoms with Crippen LogP contribution in [0.5, 0.6) is 0 Å². The summed E-state index contributed by atoms with van der Waals surface area (Å²) in [5.41, 5.74) is -0.271. The van der Waals surface area contributed by atoms with Gasteiger partial charge in [-0.05, 0) is 25.5 Å². The maximum Gasteiger partial charge on any atom is 0.349 e. The fraction of sp³-hybridized carbons (Fsp3) is 0.389. The molecular weight excluding hydrogens is 310 g/mol. The monoisotopic (exact) mass is 331 g/mol. The molecule has 1 amide bonds. The van der Waals surface area contributed by atoms with E-state index in [2.05, 4.69) is 4.74 Å². The summed E-state index contributed by atoms with van der Waals surface area (Å²) in [6.45, 7) is 4.00. The molecule has 0 N–H and O–H groups in total. The Morgan fingerprint density at radius 2 is 2.00 bits per heavy atom. The number of benzene rings is 1. The molecule has 0 saturated heterocycles. The van der Waals surface area contributed by atoms with Gasteiger partial charge >= 0.3 is 11.6 Å². The molecule has 1 aromatic heterocycles. The van der Waals surface area contributed by atoms with Crippen LogP contribution in [0.4, 0.5) is 0 Å². The molecule has 2 rings (SSSR count). The Labute approximate surface area is 140 Å². The van der Waals surface area contributed by atoms with E-state index in [4.69, 9.17) is 4.42 Å². The summed E-state index contributed by atoms with van der Waals surface area (Å²) in [6, 6.07) is 8.44. The summed E-state index contributed by atoms with van der Waals surface area (Å²) in [4.78, 5) is 37.9. The lowest BCUT2D eigenvalue weighted by Gasteiger charge is -2.28. The van der Waals surface area contributed by atoms with Gasteiger partial charge in [0.1, 0.15) is 11.1 Å². The second kappa shape index (κ2) is 7.77. The van der Waals surface area contributed by atoms with Gasteiger partial charge < -0.3 is 14.1 Å². The van der Waals surface area contributed by atoms with Crippen molar-refractivity contribution in [3.05, 3.63) is 46.3 Å². The third-order valence-corrected chi connectivity index (χ3v) is 4.04. The Morgan fingerprint density at radius 3 is 2.67 bits per heavy atom. The molecule has 1 aromatic carbocycles. The van der Waals surface area contributed by atoms with Crippen molar-refractivity contribution in [1.29, 1.82) is 0 Å². The van der Waals surface area contributed by atoms with Crippen LogP contribution in [0.3, 0.4) is 0 Å². The second-order valence-electron chi connectivity index (χ2n) is 5.57. The topological polar surface area (TPSA) is 76.8 Å². The molecule has 0 aliphatic carbocycles. The van der Waals surface area contributed by atoms with Crippen LogP contribution in [0.1, 0.15) is 37.0 Å². The third kappa shape index (κ3) is 3.82. The number of nitrogens with zero attached hydrogens (tertiary/aromatic N) is 1. The lowest BCUT2D eigenvalue weighted by atomic mass is 10.1. The van der Waals surface area contributed by atoms with Crippen LogP contribution in [0.15, 0.2) is 39.5 Å². The summed E-state index contributed by atoms with van der Waals surface area (Å²) in [7, 11) is 1.30. The quantitative estimate of drug-likeness (QED) is 0.600. The average Bonchev–Trinajstić information content (AvgIpc) is 2.60. The SMILES string of the molecule is CCC(C)N(CCC(=O)OC)C(=O)c1cc2ccccc2oc1=O. The van der Waals surface area contributed by atoms with Crippen LogP contribution < -0.4 is 5.63 Å². The molecule has 0 fully saturated rings. The second-order valence-corrected chi connectivity index (χ2v) is 5.57. The number of ether oxygens (including phenoxy) is 1. The summed E-state index contributed by atoms with van der Waals surface area (Å²) >= 11 is 0. The Hall–Kier alpha value is -2.63. The molecule has 0 spiro atoms. The third-order valence-electron chi connectivity index (χ3n) is 4.04. The largest absolute Gasteiger partial charge is 0.469 e. The fourth-order valence-corrected chi connectivity index (χ4v) is 2.42. The van der Waals surface area contributed by atoms with E-state index in [9.17, 15) is 14.4 Å². The number of carbonyl (C=O) groups excluding carboxylic acids is 2. The minimum absolute atomic E-state index is 0.0288. The van der Waals surface area contributed by atoms with E-state index in [1.807, 2.05) is 13.8 Å². The van der Waals surface area contributed by atoms with Crippen molar-refractivity contribution in [2.45, 2.75) is 32.7 Å². The van der Waals surface area contributed by atoms with Gasteiger partial charge in [0.25, 0.3) is 5.91 Å². The molecule has 24 heavy (non-hydrogen) atoms. The van der Waals surface area contributed by atoms with Crippen LogP contribution in [-0.4, -0.2) is 36.5 Å². The van der Waals surface area contributed by atoms with Gasteiger partial charge in [0.15, 0.2) is 0 Å². The number of fused-ring (bicyclic) bond motifs is 1. The molecule has 2 aromatic rings. The molecule has 6 heteroatoms. The number of hydrogen-bond acceptors (Lipinski definition) is 5. The molecule has 0 saturated carbocycles. The van der Waals surface area contributed by atoms with Crippen LogP contribution >= 0.6 is 0 Å². The van der Waals surface area contributed by atoms with E-state index < -0.39 is 17.5 Å². The van der Waals surface area contributed by atoms with E-state index in [1.54, 1.807) is 24.3 Å². The zero-order valence-electron chi connectivity index (χ0n) is 14.1. The van der Waals surface area contributed by atoms with Crippen molar-refractivity contribution in [1.82, 2.24) is 4.90 Å². The molecule has 0 radical (unpaired) electrons. The molecular formula is C18H21NO5. The number of hydrogen-bond donors (Lipinski definition) is 0. The molecule has 128 valence electrons. The summed E-state index contributed by atoms with van der Waals surface area (Å²) < 4.78 is 9.85. The first-order valence-electron chi connectivity index (χ1n) is 7.88. The molecule has 0 aliphatic heterocycles. The van der Waals surface area contributed by atoms with E-state index in [1.165, 1.54) is 18.1 Å². The van der Waals surface area contributed by atoms with Gasteiger partial charge in [0, 0.05) is 18.0 Å². The number of para-hydroxylation sites is 1. The van der Waals surface area contributed by atoms with Gasteiger partial charge in [-0.1, -0.05) is 25.1 Å². The predicted octanol–water partition coefficient (Wildman–Crippen LogP) is 2.60. The molecule has 6 nitrogen and oxygen atoms in total. The van der Waals surface area contributed by atoms with Gasteiger partial charge in [-0.3, -0.25) is 9.59 Å². The van der Waals surface area contributed by atoms with Crippen molar-refractivity contribution >= 4 is 22.8 Å². The minimum atomic E-state index is -0.676. The van der Waals surface area contributed by atoms with Gasteiger partial charge in [0.05, 0.1) is 13.5 Å². The van der Waals surface area contributed by atoms with E-state index in [-0.39, 0.29) is 24.6 Å². The predicted molar refractivity (Wildman–Crippen MR) is 89.9 cm³/mol. The zero-order chi connectivity index (χ0) is 17.7. The maximum atomic E-state index is 12.8. The first-order chi connectivity index (χ1) is 11.5. The summed E-state index contributed by atoms with van der Waals surface area (Å²) in [5, 5.41) is 0.678. The van der Waals surface area contributed by atoms with Crippen LogP contribution in [-0.2, 0) is 9.53 Å².